The van der Waals surface area contributed by atoms with Gasteiger partial charge in [0.2, 0.25) is 5.88 Å². The highest BCUT2D eigenvalue weighted by atomic mass is 16.5. The molecule has 1 unspecified atom stereocenters. The van der Waals surface area contributed by atoms with E-state index in [0.29, 0.717) is 11.4 Å². The van der Waals surface area contributed by atoms with Crippen molar-refractivity contribution in [3.63, 3.8) is 0 Å². The SMILES string of the molecule is CC(Oc1ncccc1C(=N)N)c1ccccc1. The minimum Gasteiger partial charge on any atom is -0.469 e. The van der Waals surface area contributed by atoms with Gasteiger partial charge in [-0.3, -0.25) is 5.41 Å². The van der Waals surface area contributed by atoms with E-state index in [1.807, 2.05) is 37.3 Å². The molecule has 3 N–H and O–H groups in total. The van der Waals surface area contributed by atoms with Gasteiger partial charge in [0.1, 0.15) is 11.9 Å². The molecule has 0 aliphatic rings. The quantitative estimate of drug-likeness (QED) is 0.638. The van der Waals surface area contributed by atoms with E-state index in [0.717, 1.165) is 5.56 Å². The van der Waals surface area contributed by atoms with E-state index in [1.165, 1.54) is 0 Å². The molecule has 2 rings (SSSR count). The van der Waals surface area contributed by atoms with Crippen LogP contribution in [-0.2, 0) is 0 Å². The third kappa shape index (κ3) is 2.66. The van der Waals surface area contributed by atoms with Gasteiger partial charge in [-0.25, -0.2) is 4.98 Å². The van der Waals surface area contributed by atoms with Crippen LogP contribution in [0.15, 0.2) is 48.7 Å². The lowest BCUT2D eigenvalue weighted by Crippen LogP contribution is -2.15. The predicted molar refractivity (Wildman–Crippen MR) is 70.7 cm³/mol. The smallest absolute Gasteiger partial charge is 0.225 e. The van der Waals surface area contributed by atoms with Gasteiger partial charge < -0.3 is 10.5 Å². The lowest BCUT2D eigenvalue weighted by molar-refractivity contribution is 0.217. The van der Waals surface area contributed by atoms with Crippen LogP contribution < -0.4 is 10.5 Å². The fraction of sp³-hybridized carbons (Fsp3) is 0.143. The number of ether oxygens (including phenoxy) is 1. The van der Waals surface area contributed by atoms with E-state index in [1.54, 1.807) is 18.3 Å². The second-order valence-electron chi connectivity index (χ2n) is 3.94. The van der Waals surface area contributed by atoms with E-state index in [9.17, 15) is 0 Å². The van der Waals surface area contributed by atoms with Gasteiger partial charge >= 0.3 is 0 Å². The maximum absolute atomic E-state index is 7.48. The summed E-state index contributed by atoms with van der Waals surface area (Å²) < 4.78 is 5.76. The van der Waals surface area contributed by atoms with E-state index in [2.05, 4.69) is 4.98 Å². The van der Waals surface area contributed by atoms with Crippen molar-refractivity contribution in [3.05, 3.63) is 59.8 Å². The number of hydrogen-bond acceptors (Lipinski definition) is 3. The van der Waals surface area contributed by atoms with Crippen molar-refractivity contribution in [3.8, 4) is 5.88 Å². The summed E-state index contributed by atoms with van der Waals surface area (Å²) in [7, 11) is 0. The zero-order valence-electron chi connectivity index (χ0n) is 10.1. The molecule has 4 heteroatoms. The van der Waals surface area contributed by atoms with Crippen LogP contribution in [0.2, 0.25) is 0 Å². The van der Waals surface area contributed by atoms with Crippen LogP contribution in [0.1, 0.15) is 24.2 Å². The normalized spacial score (nSPS) is 11.8. The molecule has 0 radical (unpaired) electrons. The maximum Gasteiger partial charge on any atom is 0.225 e. The Labute approximate surface area is 106 Å². The van der Waals surface area contributed by atoms with Gasteiger partial charge in [-0.1, -0.05) is 30.3 Å². The predicted octanol–water partition coefficient (Wildman–Crippen LogP) is 2.51. The Bertz CT molecular complexity index is 540. The highest BCUT2D eigenvalue weighted by Gasteiger charge is 2.12. The molecule has 1 atom stereocenters. The third-order valence-corrected chi connectivity index (χ3v) is 2.62. The molecule has 0 spiro atoms. The monoisotopic (exact) mass is 241 g/mol. The second kappa shape index (κ2) is 5.31. The van der Waals surface area contributed by atoms with E-state index in [-0.39, 0.29) is 11.9 Å². The zero-order chi connectivity index (χ0) is 13.0. The fourth-order valence-electron chi connectivity index (χ4n) is 1.65. The Kier molecular flexibility index (Phi) is 3.57. The summed E-state index contributed by atoms with van der Waals surface area (Å²) in [4.78, 5) is 4.12. The standard InChI is InChI=1S/C14H15N3O/c1-10(11-6-3-2-4-7-11)18-14-12(13(15)16)8-5-9-17-14/h2-10H,1H3,(H3,15,16). The number of nitrogens with zero attached hydrogens (tertiary/aromatic N) is 1. The molecule has 0 aliphatic carbocycles. The molecule has 0 amide bonds. The molecule has 1 aromatic carbocycles. The highest BCUT2D eigenvalue weighted by Crippen LogP contribution is 2.22. The van der Waals surface area contributed by atoms with Crippen molar-refractivity contribution in [2.24, 2.45) is 5.73 Å². The second-order valence-corrected chi connectivity index (χ2v) is 3.94. The number of nitrogens with one attached hydrogen (secondary N) is 1. The van der Waals surface area contributed by atoms with Gasteiger partial charge in [-0.15, -0.1) is 0 Å². The van der Waals surface area contributed by atoms with Crippen LogP contribution in [0, 0.1) is 5.41 Å². The van der Waals surface area contributed by atoms with Gasteiger partial charge in [0.25, 0.3) is 0 Å². The Morgan fingerprint density at radius 2 is 1.94 bits per heavy atom. The molecular weight excluding hydrogens is 226 g/mol. The molecule has 92 valence electrons. The molecule has 1 heterocycles. The molecule has 0 saturated carbocycles. The summed E-state index contributed by atoms with van der Waals surface area (Å²) in [5.41, 5.74) is 7.06. The first kappa shape index (κ1) is 12.1. The number of amidine groups is 1. The van der Waals surface area contributed by atoms with Crippen molar-refractivity contribution in [2.45, 2.75) is 13.0 Å². The number of benzene rings is 1. The average Bonchev–Trinajstić information content (AvgIpc) is 2.40. The minimum atomic E-state index is -0.140. The Morgan fingerprint density at radius 1 is 1.22 bits per heavy atom. The summed E-state index contributed by atoms with van der Waals surface area (Å²) >= 11 is 0. The van der Waals surface area contributed by atoms with Crippen LogP contribution in [0.5, 0.6) is 5.88 Å². The molecule has 0 fully saturated rings. The number of aromatic nitrogens is 1. The number of nitrogen functional groups attached to an aromatic ring is 1. The first-order valence-corrected chi connectivity index (χ1v) is 5.69. The fourth-order valence-corrected chi connectivity index (χ4v) is 1.65. The molecule has 1 aromatic heterocycles. The molecule has 18 heavy (non-hydrogen) atoms. The number of pyridine rings is 1. The number of nitrogens with two attached hydrogens (primary N) is 1. The lowest BCUT2D eigenvalue weighted by Gasteiger charge is -2.16. The first-order valence-electron chi connectivity index (χ1n) is 5.69. The van der Waals surface area contributed by atoms with Gasteiger partial charge in [0.05, 0.1) is 5.56 Å². The Morgan fingerprint density at radius 3 is 2.61 bits per heavy atom. The molecule has 0 aliphatic heterocycles. The zero-order valence-corrected chi connectivity index (χ0v) is 10.1. The molecule has 0 saturated heterocycles. The van der Waals surface area contributed by atoms with Gasteiger partial charge in [0.15, 0.2) is 0 Å². The topological polar surface area (TPSA) is 72.0 Å². The van der Waals surface area contributed by atoms with Crippen molar-refractivity contribution in [2.75, 3.05) is 0 Å². The summed E-state index contributed by atoms with van der Waals surface area (Å²) in [6.07, 6.45) is 1.48. The van der Waals surface area contributed by atoms with Gasteiger partial charge in [0, 0.05) is 6.20 Å². The van der Waals surface area contributed by atoms with Gasteiger partial charge in [-0.05, 0) is 24.6 Å². The Balaban J connectivity index is 2.22. The molecular formula is C14H15N3O. The lowest BCUT2D eigenvalue weighted by atomic mass is 10.1. The van der Waals surface area contributed by atoms with Crippen LogP contribution in [0.25, 0.3) is 0 Å². The summed E-state index contributed by atoms with van der Waals surface area (Å²) in [5, 5.41) is 7.48. The van der Waals surface area contributed by atoms with E-state index < -0.39 is 0 Å². The number of hydrogen-bond donors (Lipinski definition) is 2. The van der Waals surface area contributed by atoms with Crippen LogP contribution in [0.3, 0.4) is 0 Å². The van der Waals surface area contributed by atoms with Crippen molar-refractivity contribution >= 4 is 5.84 Å². The van der Waals surface area contributed by atoms with Crippen molar-refractivity contribution < 1.29 is 4.74 Å². The Hall–Kier alpha value is -2.36. The van der Waals surface area contributed by atoms with Crippen LogP contribution >= 0.6 is 0 Å². The minimum absolute atomic E-state index is 0.0432. The van der Waals surface area contributed by atoms with Crippen LogP contribution in [-0.4, -0.2) is 10.8 Å². The summed E-state index contributed by atoms with van der Waals surface area (Å²) in [6, 6.07) is 13.3. The summed E-state index contributed by atoms with van der Waals surface area (Å²) in [5.74, 6) is 0.347. The largest absolute Gasteiger partial charge is 0.469 e. The maximum atomic E-state index is 7.48. The molecule has 0 bridgehead atoms. The highest BCUT2D eigenvalue weighted by molar-refractivity contribution is 5.96. The first-order chi connectivity index (χ1) is 8.68. The van der Waals surface area contributed by atoms with E-state index in [4.69, 9.17) is 15.9 Å². The van der Waals surface area contributed by atoms with E-state index >= 15 is 0 Å². The number of rotatable bonds is 4. The van der Waals surface area contributed by atoms with Crippen molar-refractivity contribution in [1.82, 2.24) is 4.98 Å². The van der Waals surface area contributed by atoms with Gasteiger partial charge in [-0.2, -0.15) is 0 Å². The van der Waals surface area contributed by atoms with Crippen LogP contribution in [0.4, 0.5) is 0 Å². The molecule has 4 nitrogen and oxygen atoms in total. The summed E-state index contributed by atoms with van der Waals surface area (Å²) in [6.45, 7) is 1.94. The third-order valence-electron chi connectivity index (χ3n) is 2.62. The van der Waals surface area contributed by atoms with Crippen molar-refractivity contribution in [1.29, 1.82) is 5.41 Å². The average molecular weight is 241 g/mol. The molecule has 2 aromatic rings.